The molecule has 1 saturated carbocycles. The molecule has 1 aromatic rings. The van der Waals surface area contributed by atoms with Crippen molar-refractivity contribution >= 4 is 0 Å². The molecule has 2 nitrogen and oxygen atoms in total. The molecule has 0 N–H and O–H groups in total. The minimum Gasteiger partial charge on any atom is -0.487 e. The van der Waals surface area contributed by atoms with Crippen LogP contribution < -0.4 is 4.74 Å². The molecule has 0 atom stereocenters. The Balaban J connectivity index is 2.14. The lowest BCUT2D eigenvalue weighted by atomic mass is 9.96. The van der Waals surface area contributed by atoms with Gasteiger partial charge in [-0.3, -0.25) is 0 Å². The predicted molar refractivity (Wildman–Crippen MR) is 49.4 cm³/mol. The Morgan fingerprint density at radius 2 is 2.21 bits per heavy atom. The fourth-order valence-electron chi connectivity index (χ4n) is 1.33. The first-order chi connectivity index (χ1) is 6.79. The molecule has 2 rings (SSSR count). The lowest BCUT2D eigenvalue weighted by Crippen LogP contribution is -2.24. The highest BCUT2D eigenvalue weighted by Crippen LogP contribution is 2.27. The molecule has 0 spiro atoms. The van der Waals surface area contributed by atoms with Crippen molar-refractivity contribution < 1.29 is 9.13 Å². The first-order valence-corrected chi connectivity index (χ1v) is 4.66. The maximum absolute atomic E-state index is 13.3. The minimum atomic E-state index is -0.448. The van der Waals surface area contributed by atoms with E-state index in [1.807, 2.05) is 6.07 Å². The summed E-state index contributed by atoms with van der Waals surface area (Å²) >= 11 is 0. The van der Waals surface area contributed by atoms with E-state index < -0.39 is 5.82 Å². The molecule has 14 heavy (non-hydrogen) atoms. The second-order valence-corrected chi connectivity index (χ2v) is 3.43. The molecular weight excluding hydrogens is 181 g/mol. The molecule has 1 fully saturated rings. The van der Waals surface area contributed by atoms with E-state index >= 15 is 0 Å². The average Bonchev–Trinajstić information content (AvgIpc) is 2.13. The van der Waals surface area contributed by atoms with E-state index in [9.17, 15) is 4.39 Å². The lowest BCUT2D eigenvalue weighted by molar-refractivity contribution is 0.115. The smallest absolute Gasteiger partial charge is 0.166 e. The largest absolute Gasteiger partial charge is 0.487 e. The maximum Gasteiger partial charge on any atom is 0.166 e. The Morgan fingerprint density at radius 3 is 2.71 bits per heavy atom. The third-order valence-corrected chi connectivity index (χ3v) is 2.41. The Morgan fingerprint density at radius 1 is 1.43 bits per heavy atom. The van der Waals surface area contributed by atoms with E-state index in [0.717, 1.165) is 19.3 Å². The summed E-state index contributed by atoms with van der Waals surface area (Å²) in [6.45, 7) is 0. The summed E-state index contributed by atoms with van der Waals surface area (Å²) in [5.41, 5.74) is 0.323. The maximum atomic E-state index is 13.3. The molecule has 1 aromatic carbocycles. The van der Waals surface area contributed by atoms with Crippen LogP contribution in [0, 0.1) is 17.1 Å². The first kappa shape index (κ1) is 9.01. The van der Waals surface area contributed by atoms with Gasteiger partial charge >= 0.3 is 0 Å². The molecule has 0 radical (unpaired) electrons. The topological polar surface area (TPSA) is 33.0 Å². The number of halogens is 1. The normalized spacial score (nSPS) is 15.7. The summed E-state index contributed by atoms with van der Waals surface area (Å²) in [4.78, 5) is 0. The Bertz CT molecular complexity index is 379. The van der Waals surface area contributed by atoms with Crippen molar-refractivity contribution in [1.29, 1.82) is 5.26 Å². The second kappa shape index (κ2) is 3.67. The number of hydrogen-bond donors (Lipinski definition) is 0. The molecule has 0 unspecified atom stereocenters. The van der Waals surface area contributed by atoms with E-state index in [0.29, 0.717) is 5.56 Å². The SMILES string of the molecule is N#Cc1ccc(OC2CCC2)c(F)c1. The summed E-state index contributed by atoms with van der Waals surface area (Å²) in [5, 5.41) is 8.53. The zero-order chi connectivity index (χ0) is 9.97. The van der Waals surface area contributed by atoms with Crippen LogP contribution in [0.1, 0.15) is 24.8 Å². The molecule has 72 valence electrons. The van der Waals surface area contributed by atoms with Gasteiger partial charge in [0, 0.05) is 0 Å². The van der Waals surface area contributed by atoms with Crippen LogP contribution in [0.25, 0.3) is 0 Å². The zero-order valence-electron chi connectivity index (χ0n) is 7.66. The fraction of sp³-hybridized carbons (Fsp3) is 0.364. The van der Waals surface area contributed by atoms with Gasteiger partial charge < -0.3 is 4.74 Å². The fourth-order valence-corrected chi connectivity index (χ4v) is 1.33. The number of benzene rings is 1. The van der Waals surface area contributed by atoms with Crippen molar-refractivity contribution in [2.45, 2.75) is 25.4 Å². The molecule has 1 aliphatic carbocycles. The van der Waals surface area contributed by atoms with Crippen molar-refractivity contribution in [1.82, 2.24) is 0 Å². The van der Waals surface area contributed by atoms with E-state index in [2.05, 4.69) is 0 Å². The van der Waals surface area contributed by atoms with Gasteiger partial charge in [-0.05, 0) is 37.5 Å². The van der Waals surface area contributed by atoms with E-state index in [-0.39, 0.29) is 11.9 Å². The molecule has 0 saturated heterocycles. The van der Waals surface area contributed by atoms with Crippen LogP contribution in [0.5, 0.6) is 5.75 Å². The molecule has 0 bridgehead atoms. The van der Waals surface area contributed by atoms with Gasteiger partial charge in [0.25, 0.3) is 0 Å². The summed E-state index contributed by atoms with van der Waals surface area (Å²) in [6, 6.07) is 6.17. The van der Waals surface area contributed by atoms with Crippen LogP contribution >= 0.6 is 0 Å². The average molecular weight is 191 g/mol. The van der Waals surface area contributed by atoms with Crippen LogP contribution in [0.4, 0.5) is 4.39 Å². The molecule has 0 aliphatic heterocycles. The Kier molecular flexibility index (Phi) is 2.36. The Hall–Kier alpha value is -1.56. The van der Waals surface area contributed by atoms with Crippen LogP contribution in [0.15, 0.2) is 18.2 Å². The third-order valence-electron chi connectivity index (χ3n) is 2.41. The summed E-state index contributed by atoms with van der Waals surface area (Å²) in [7, 11) is 0. The highest BCUT2D eigenvalue weighted by molar-refractivity contribution is 5.36. The molecule has 0 heterocycles. The van der Waals surface area contributed by atoms with E-state index in [4.69, 9.17) is 10.00 Å². The van der Waals surface area contributed by atoms with Crippen molar-refractivity contribution in [3.8, 4) is 11.8 Å². The third kappa shape index (κ3) is 1.69. The van der Waals surface area contributed by atoms with Crippen LogP contribution in [0.3, 0.4) is 0 Å². The monoisotopic (exact) mass is 191 g/mol. The van der Waals surface area contributed by atoms with Crippen LogP contribution in [0.2, 0.25) is 0 Å². The summed E-state index contributed by atoms with van der Waals surface area (Å²) < 4.78 is 18.7. The van der Waals surface area contributed by atoms with Crippen LogP contribution in [-0.4, -0.2) is 6.10 Å². The first-order valence-electron chi connectivity index (χ1n) is 4.66. The van der Waals surface area contributed by atoms with Crippen molar-refractivity contribution in [2.75, 3.05) is 0 Å². The number of nitriles is 1. The highest BCUT2D eigenvalue weighted by atomic mass is 19.1. The number of nitrogens with zero attached hydrogens (tertiary/aromatic N) is 1. The van der Waals surface area contributed by atoms with Crippen molar-refractivity contribution in [2.24, 2.45) is 0 Å². The Labute approximate surface area is 81.9 Å². The van der Waals surface area contributed by atoms with Gasteiger partial charge in [0.2, 0.25) is 0 Å². The van der Waals surface area contributed by atoms with Crippen LogP contribution in [-0.2, 0) is 0 Å². The lowest BCUT2D eigenvalue weighted by Gasteiger charge is -2.26. The number of rotatable bonds is 2. The summed E-state index contributed by atoms with van der Waals surface area (Å²) in [6.07, 6.45) is 3.32. The molecule has 0 amide bonds. The van der Waals surface area contributed by atoms with Gasteiger partial charge in [-0.2, -0.15) is 5.26 Å². The predicted octanol–water partition coefficient (Wildman–Crippen LogP) is 2.63. The minimum absolute atomic E-state index is 0.164. The molecular formula is C11H10FNO. The second-order valence-electron chi connectivity index (χ2n) is 3.43. The van der Waals surface area contributed by atoms with E-state index in [1.54, 1.807) is 6.07 Å². The van der Waals surface area contributed by atoms with Gasteiger partial charge in [0.15, 0.2) is 11.6 Å². The number of hydrogen-bond acceptors (Lipinski definition) is 2. The summed E-state index contributed by atoms with van der Waals surface area (Å²) in [5.74, 6) is -0.190. The van der Waals surface area contributed by atoms with Gasteiger partial charge in [0.1, 0.15) is 0 Å². The van der Waals surface area contributed by atoms with Crippen molar-refractivity contribution in [3.05, 3.63) is 29.6 Å². The van der Waals surface area contributed by atoms with Crippen molar-refractivity contribution in [3.63, 3.8) is 0 Å². The van der Waals surface area contributed by atoms with Gasteiger partial charge in [-0.1, -0.05) is 0 Å². The van der Waals surface area contributed by atoms with Gasteiger partial charge in [0.05, 0.1) is 17.7 Å². The van der Waals surface area contributed by atoms with Gasteiger partial charge in [-0.25, -0.2) is 4.39 Å². The number of ether oxygens (including phenoxy) is 1. The molecule has 1 aliphatic rings. The molecule has 0 aromatic heterocycles. The zero-order valence-corrected chi connectivity index (χ0v) is 7.66. The highest BCUT2D eigenvalue weighted by Gasteiger charge is 2.20. The molecule has 3 heteroatoms. The quantitative estimate of drug-likeness (QED) is 0.719. The standard InChI is InChI=1S/C11H10FNO/c12-10-6-8(7-13)4-5-11(10)14-9-2-1-3-9/h4-6,9H,1-3H2. The van der Waals surface area contributed by atoms with Gasteiger partial charge in [-0.15, -0.1) is 0 Å². The van der Waals surface area contributed by atoms with E-state index in [1.165, 1.54) is 12.1 Å².